The fraction of sp³-hybridized carbons (Fsp3) is 0.471. The van der Waals surface area contributed by atoms with Gasteiger partial charge in [-0.3, -0.25) is 0 Å². The highest BCUT2D eigenvalue weighted by Gasteiger charge is 2.56. The fourth-order valence-electron chi connectivity index (χ4n) is 3.40. The fourth-order valence-corrected chi connectivity index (χ4v) is 3.86. The van der Waals surface area contributed by atoms with Crippen molar-refractivity contribution in [3.8, 4) is 0 Å². The Morgan fingerprint density at radius 3 is 2.83 bits per heavy atom. The van der Waals surface area contributed by atoms with Crippen molar-refractivity contribution in [2.24, 2.45) is 11.3 Å². The molecule has 0 aromatic carbocycles. The number of carbonyl (C=O) groups is 1. The lowest BCUT2D eigenvalue weighted by Gasteiger charge is -2.49. The van der Waals surface area contributed by atoms with E-state index in [1.165, 1.54) is 11.8 Å². The van der Waals surface area contributed by atoms with E-state index in [-0.39, 0.29) is 29.7 Å². The third kappa shape index (κ3) is 2.98. The number of nitrogens with zero attached hydrogens (tertiary/aromatic N) is 1. The van der Waals surface area contributed by atoms with E-state index in [0.29, 0.717) is 5.70 Å². The van der Waals surface area contributed by atoms with Crippen LogP contribution in [0.4, 0.5) is 0 Å². The number of aliphatic hydroxyl groups is 1. The van der Waals surface area contributed by atoms with Gasteiger partial charge in [0.05, 0.1) is 17.0 Å². The first-order valence-electron chi connectivity index (χ1n) is 7.61. The van der Waals surface area contributed by atoms with E-state index >= 15 is 0 Å². The lowest BCUT2D eigenvalue weighted by molar-refractivity contribution is -1.08. The Morgan fingerprint density at radius 2 is 2.22 bits per heavy atom. The first kappa shape index (κ1) is 17.8. The van der Waals surface area contributed by atoms with Crippen LogP contribution in [0.3, 0.4) is 0 Å². The molecule has 5 nitrogen and oxygen atoms in total. The molecule has 4 unspecified atom stereocenters. The van der Waals surface area contributed by atoms with Crippen LogP contribution in [-0.4, -0.2) is 47.1 Å². The molecule has 0 fully saturated rings. The predicted octanol–water partition coefficient (Wildman–Crippen LogP) is 2.74. The van der Waals surface area contributed by atoms with Gasteiger partial charge in [-0.25, -0.2) is 5.21 Å². The second-order valence-electron chi connectivity index (χ2n) is 6.33. The number of thioether (sulfide) groups is 1. The van der Waals surface area contributed by atoms with E-state index < -0.39 is 4.65 Å². The molecule has 0 amide bonds. The van der Waals surface area contributed by atoms with Crippen LogP contribution in [0.5, 0.6) is 0 Å². The van der Waals surface area contributed by atoms with Gasteiger partial charge in [-0.1, -0.05) is 25.2 Å². The summed E-state index contributed by atoms with van der Waals surface area (Å²) in [7, 11) is 1.68. The molecule has 126 valence electrons. The summed E-state index contributed by atoms with van der Waals surface area (Å²) in [6, 6.07) is -0.196. The van der Waals surface area contributed by atoms with E-state index in [1.807, 2.05) is 44.4 Å². The van der Waals surface area contributed by atoms with E-state index in [0.717, 1.165) is 11.3 Å². The summed E-state index contributed by atoms with van der Waals surface area (Å²) >= 11 is 1.43. The van der Waals surface area contributed by atoms with Crippen molar-refractivity contribution in [1.82, 2.24) is 5.32 Å². The minimum atomic E-state index is -0.430. The van der Waals surface area contributed by atoms with Gasteiger partial charge in [0.25, 0.3) is 0 Å². The minimum Gasteiger partial charge on any atom is -0.506 e. The van der Waals surface area contributed by atoms with Crippen molar-refractivity contribution in [1.29, 1.82) is 0 Å². The summed E-state index contributed by atoms with van der Waals surface area (Å²) < 4.78 is -0.430. The average molecular weight is 337 g/mol. The number of quaternary nitrogens is 1. The normalized spacial score (nSPS) is 36.8. The highest BCUT2D eigenvalue weighted by atomic mass is 32.2. The van der Waals surface area contributed by atoms with E-state index in [4.69, 9.17) is 0 Å². The highest BCUT2D eigenvalue weighted by Crippen LogP contribution is 2.49. The number of rotatable bonds is 5. The first-order valence-corrected chi connectivity index (χ1v) is 8.83. The van der Waals surface area contributed by atoms with Crippen molar-refractivity contribution in [2.75, 3.05) is 19.8 Å². The number of aldehydes is 1. The molecule has 1 aliphatic carbocycles. The predicted molar refractivity (Wildman–Crippen MR) is 92.6 cm³/mol. The quantitative estimate of drug-likeness (QED) is 0.532. The Hall–Kier alpha value is -1.50. The number of allylic oxidation sites excluding steroid dienone is 4. The molecular weight excluding hydrogens is 312 g/mol. The van der Waals surface area contributed by atoms with E-state index in [1.54, 1.807) is 13.1 Å². The van der Waals surface area contributed by atoms with Crippen molar-refractivity contribution in [2.45, 2.75) is 19.9 Å². The van der Waals surface area contributed by atoms with Gasteiger partial charge in [-0.15, -0.1) is 16.4 Å². The lowest BCUT2D eigenvalue weighted by Crippen LogP contribution is -2.60. The number of fused-ring (bicyclic) bond motifs is 1. The lowest BCUT2D eigenvalue weighted by atomic mass is 9.66. The third-order valence-electron chi connectivity index (χ3n) is 4.98. The van der Waals surface area contributed by atoms with Crippen LogP contribution >= 0.6 is 11.8 Å². The van der Waals surface area contributed by atoms with Crippen LogP contribution < -0.4 is 5.32 Å². The zero-order chi connectivity index (χ0) is 17.3. The summed E-state index contributed by atoms with van der Waals surface area (Å²) in [5.41, 5.74) is 0.0813. The van der Waals surface area contributed by atoms with Crippen LogP contribution in [0.2, 0.25) is 0 Å². The molecule has 6 heteroatoms. The summed E-state index contributed by atoms with van der Waals surface area (Å²) in [4.78, 5) is 10.6. The molecule has 0 saturated heterocycles. The largest absolute Gasteiger partial charge is 0.506 e. The molecule has 2 aliphatic rings. The van der Waals surface area contributed by atoms with E-state index in [9.17, 15) is 15.1 Å². The van der Waals surface area contributed by atoms with Gasteiger partial charge < -0.3 is 15.2 Å². The van der Waals surface area contributed by atoms with Crippen LogP contribution in [0.1, 0.15) is 13.8 Å². The molecular formula is C17H25N2O3S+. The van der Waals surface area contributed by atoms with Crippen molar-refractivity contribution >= 4 is 18.0 Å². The molecule has 3 N–H and O–H groups in total. The molecule has 4 atom stereocenters. The highest BCUT2D eigenvalue weighted by molar-refractivity contribution is 8.02. The van der Waals surface area contributed by atoms with Gasteiger partial charge >= 0.3 is 0 Å². The van der Waals surface area contributed by atoms with Crippen molar-refractivity contribution in [3.63, 3.8) is 0 Å². The first-order chi connectivity index (χ1) is 10.8. The van der Waals surface area contributed by atoms with Gasteiger partial charge in [-0.2, -0.15) is 0 Å². The number of aliphatic hydroxyl groups excluding tert-OH is 1. The summed E-state index contributed by atoms with van der Waals surface area (Å²) in [5.74, 6) is 0.0423. The number of hydrogen-bond donors (Lipinski definition) is 3. The number of carbonyl (C=O) groups excluding carboxylic acids is 1. The Balaban J connectivity index is 2.53. The Morgan fingerprint density at radius 1 is 1.52 bits per heavy atom. The average Bonchev–Trinajstić information content (AvgIpc) is 2.52. The van der Waals surface area contributed by atoms with Gasteiger partial charge in [0.1, 0.15) is 13.3 Å². The SMILES string of the molecule is CS/C(=C/C1=C(O)C(C)C2(C)C=CC=CC2[N+]1(C)O)NCC=O. The monoisotopic (exact) mass is 337 g/mol. The van der Waals surface area contributed by atoms with Crippen LogP contribution in [0.15, 0.2) is 46.9 Å². The Labute approximate surface area is 141 Å². The number of hydroxylamine groups is 3. The van der Waals surface area contributed by atoms with Gasteiger partial charge in [-0.05, 0) is 19.3 Å². The zero-order valence-corrected chi connectivity index (χ0v) is 14.8. The third-order valence-corrected chi connectivity index (χ3v) is 5.68. The summed E-state index contributed by atoms with van der Waals surface area (Å²) in [5, 5.41) is 25.6. The van der Waals surface area contributed by atoms with Gasteiger partial charge in [0, 0.05) is 12.0 Å². The van der Waals surface area contributed by atoms with Crippen molar-refractivity contribution in [3.05, 3.63) is 46.9 Å². The van der Waals surface area contributed by atoms with Crippen LogP contribution in [-0.2, 0) is 4.79 Å². The standard InChI is InChI=1S/C17H24N2O3S/c1-12-16(21)13(11-15(23-4)18-9-10-20)19(3,22)14-7-5-6-8-17(12,14)2/h5-8,10-12,14,18,22H,9H2,1-4H3/p+1/b15-11+. The maximum Gasteiger partial charge on any atom is 0.206 e. The smallest absolute Gasteiger partial charge is 0.206 e. The molecule has 2 rings (SSSR count). The number of nitrogens with one attached hydrogen (secondary N) is 1. The Bertz CT molecular complexity index is 607. The number of likely N-dealkylation sites (N-methyl/N-ethyl adjacent to an activating group) is 1. The second-order valence-corrected chi connectivity index (χ2v) is 7.18. The minimum absolute atomic E-state index is 0.132. The topological polar surface area (TPSA) is 69.6 Å². The maximum absolute atomic E-state index is 11.1. The molecule has 0 aromatic rings. The molecule has 0 saturated carbocycles. The van der Waals surface area contributed by atoms with E-state index in [2.05, 4.69) is 5.32 Å². The molecule has 0 radical (unpaired) electrons. The molecule has 23 heavy (non-hydrogen) atoms. The summed E-state index contributed by atoms with van der Waals surface area (Å²) in [6.45, 7) is 4.21. The molecule has 0 bridgehead atoms. The van der Waals surface area contributed by atoms with Gasteiger partial charge in [0.15, 0.2) is 11.8 Å². The van der Waals surface area contributed by atoms with Gasteiger partial charge in [0.2, 0.25) is 5.70 Å². The zero-order valence-electron chi connectivity index (χ0n) is 14.0. The summed E-state index contributed by atoms with van der Waals surface area (Å²) in [6.07, 6.45) is 12.3. The molecule has 1 aliphatic heterocycles. The second kappa shape index (κ2) is 6.55. The molecule has 0 aromatic heterocycles. The van der Waals surface area contributed by atoms with Crippen molar-refractivity contribution < 1.29 is 19.8 Å². The molecule has 1 heterocycles. The van der Waals surface area contributed by atoms with Crippen LogP contribution in [0, 0.1) is 11.3 Å². The molecule has 0 spiro atoms. The number of hydrogen-bond acceptors (Lipinski definition) is 5. The van der Waals surface area contributed by atoms with Crippen LogP contribution in [0.25, 0.3) is 0 Å². The maximum atomic E-state index is 11.1. The Kier molecular flexibility index (Phi) is 5.08.